The molecule has 0 saturated carbocycles. The van der Waals surface area contributed by atoms with Gasteiger partial charge in [-0.05, 0) is 38.1 Å². The predicted molar refractivity (Wildman–Crippen MR) is 70.7 cm³/mol. The third kappa shape index (κ3) is 3.83. The van der Waals surface area contributed by atoms with Gasteiger partial charge in [0.1, 0.15) is 0 Å². The summed E-state index contributed by atoms with van der Waals surface area (Å²) in [7, 11) is 1.42. The lowest BCUT2D eigenvalue weighted by Crippen LogP contribution is -2.28. The lowest BCUT2D eigenvalue weighted by Gasteiger charge is -2.20. The van der Waals surface area contributed by atoms with E-state index in [0.29, 0.717) is 5.75 Å². The molecule has 0 aliphatic carbocycles. The summed E-state index contributed by atoms with van der Waals surface area (Å²) in [5.74, 6) is 0.540. The molecule has 88 valence electrons. The third-order valence-electron chi connectivity index (χ3n) is 2.15. The Hall–Kier alpha value is -0.480. The number of benzene rings is 1. The Morgan fingerprint density at radius 1 is 1.38 bits per heavy atom. The number of methoxy groups -OCH3 is 1. The molecular formula is C12H15BrO2S. The molecule has 0 fully saturated rings. The summed E-state index contributed by atoms with van der Waals surface area (Å²) in [6.07, 6.45) is 0. The van der Waals surface area contributed by atoms with Gasteiger partial charge in [0.15, 0.2) is 0 Å². The van der Waals surface area contributed by atoms with Crippen molar-refractivity contribution in [2.45, 2.75) is 18.7 Å². The summed E-state index contributed by atoms with van der Waals surface area (Å²) >= 11 is 5.05. The Kier molecular flexibility index (Phi) is 4.87. The molecule has 16 heavy (non-hydrogen) atoms. The average Bonchev–Trinajstić information content (AvgIpc) is 2.27. The second-order valence-corrected chi connectivity index (χ2v) is 6.08. The fourth-order valence-corrected chi connectivity index (χ4v) is 2.37. The molecule has 0 aliphatic heterocycles. The molecule has 0 N–H and O–H groups in total. The third-order valence-corrected chi connectivity index (χ3v) is 4.15. The first kappa shape index (κ1) is 13.6. The molecule has 1 rings (SSSR count). The molecule has 0 unspecified atom stereocenters. The number of ether oxygens (including phenoxy) is 1. The first-order chi connectivity index (χ1) is 7.45. The van der Waals surface area contributed by atoms with Gasteiger partial charge in [-0.3, -0.25) is 4.79 Å². The zero-order valence-corrected chi connectivity index (χ0v) is 12.0. The average molecular weight is 303 g/mol. The van der Waals surface area contributed by atoms with Gasteiger partial charge in [-0.1, -0.05) is 15.9 Å². The fraction of sp³-hybridized carbons (Fsp3) is 0.417. The molecule has 0 heterocycles. The molecule has 0 radical (unpaired) electrons. The van der Waals surface area contributed by atoms with Gasteiger partial charge in [0, 0.05) is 15.1 Å². The highest BCUT2D eigenvalue weighted by atomic mass is 79.9. The van der Waals surface area contributed by atoms with Crippen molar-refractivity contribution in [3.8, 4) is 0 Å². The van der Waals surface area contributed by atoms with Crippen LogP contribution < -0.4 is 0 Å². The minimum absolute atomic E-state index is 0.169. The Balaban J connectivity index is 2.57. The van der Waals surface area contributed by atoms with Crippen LogP contribution in [-0.2, 0) is 9.53 Å². The van der Waals surface area contributed by atoms with Gasteiger partial charge in [0.05, 0.1) is 12.5 Å². The summed E-state index contributed by atoms with van der Waals surface area (Å²) in [5, 5.41) is 0. The van der Waals surface area contributed by atoms with E-state index in [1.54, 1.807) is 11.8 Å². The van der Waals surface area contributed by atoms with Crippen LogP contribution in [0, 0.1) is 5.41 Å². The van der Waals surface area contributed by atoms with Crippen molar-refractivity contribution < 1.29 is 9.53 Å². The molecule has 2 nitrogen and oxygen atoms in total. The van der Waals surface area contributed by atoms with Crippen LogP contribution in [0.25, 0.3) is 0 Å². The van der Waals surface area contributed by atoms with E-state index in [0.717, 1.165) is 9.37 Å². The summed E-state index contributed by atoms with van der Waals surface area (Å²) in [6.45, 7) is 3.79. The standard InChI is InChI=1S/C12H15BrO2S/c1-12(2,11(14)15-3)8-16-10-6-4-9(13)5-7-10/h4-7H,8H2,1-3H3. The van der Waals surface area contributed by atoms with Crippen LogP contribution in [0.3, 0.4) is 0 Å². The topological polar surface area (TPSA) is 26.3 Å². The van der Waals surface area contributed by atoms with Gasteiger partial charge >= 0.3 is 5.97 Å². The molecule has 1 aromatic carbocycles. The van der Waals surface area contributed by atoms with Gasteiger partial charge < -0.3 is 4.74 Å². The van der Waals surface area contributed by atoms with Crippen molar-refractivity contribution in [3.63, 3.8) is 0 Å². The first-order valence-electron chi connectivity index (χ1n) is 4.92. The van der Waals surface area contributed by atoms with Crippen molar-refractivity contribution in [2.75, 3.05) is 12.9 Å². The van der Waals surface area contributed by atoms with Crippen molar-refractivity contribution in [3.05, 3.63) is 28.7 Å². The number of halogens is 1. The molecule has 0 saturated heterocycles. The molecule has 0 amide bonds. The molecule has 0 atom stereocenters. The van der Waals surface area contributed by atoms with Crippen LogP contribution >= 0.6 is 27.7 Å². The van der Waals surface area contributed by atoms with Gasteiger partial charge in [0.2, 0.25) is 0 Å². The zero-order chi connectivity index (χ0) is 12.2. The lowest BCUT2D eigenvalue weighted by molar-refractivity contribution is -0.149. The van der Waals surface area contributed by atoms with E-state index >= 15 is 0 Å². The molecule has 0 spiro atoms. The minimum atomic E-state index is -0.452. The van der Waals surface area contributed by atoms with Crippen molar-refractivity contribution in [1.82, 2.24) is 0 Å². The highest BCUT2D eigenvalue weighted by Crippen LogP contribution is 2.29. The smallest absolute Gasteiger partial charge is 0.312 e. The number of thioether (sulfide) groups is 1. The molecule has 0 aromatic heterocycles. The summed E-state index contributed by atoms with van der Waals surface area (Å²) in [5.41, 5.74) is -0.452. The van der Waals surface area contributed by atoms with E-state index in [1.807, 2.05) is 38.1 Å². The van der Waals surface area contributed by atoms with Gasteiger partial charge in [0.25, 0.3) is 0 Å². The number of carbonyl (C=O) groups excluding carboxylic acids is 1. The number of rotatable bonds is 4. The SMILES string of the molecule is COC(=O)C(C)(C)CSc1ccc(Br)cc1. The molecule has 1 aromatic rings. The summed E-state index contributed by atoms with van der Waals surface area (Å²) in [6, 6.07) is 8.05. The summed E-state index contributed by atoms with van der Waals surface area (Å²) in [4.78, 5) is 12.6. The van der Waals surface area contributed by atoms with E-state index in [-0.39, 0.29) is 5.97 Å². The monoisotopic (exact) mass is 302 g/mol. The van der Waals surface area contributed by atoms with Crippen LogP contribution in [0.5, 0.6) is 0 Å². The van der Waals surface area contributed by atoms with Crippen molar-refractivity contribution in [2.24, 2.45) is 5.41 Å². The van der Waals surface area contributed by atoms with E-state index < -0.39 is 5.41 Å². The number of carbonyl (C=O) groups is 1. The van der Waals surface area contributed by atoms with Gasteiger partial charge in [-0.15, -0.1) is 11.8 Å². The molecule has 0 bridgehead atoms. The van der Waals surface area contributed by atoms with E-state index in [4.69, 9.17) is 4.74 Å². The van der Waals surface area contributed by atoms with Gasteiger partial charge in [-0.25, -0.2) is 0 Å². The molecular weight excluding hydrogens is 288 g/mol. The normalized spacial score (nSPS) is 11.2. The Morgan fingerprint density at radius 2 is 1.94 bits per heavy atom. The number of hydrogen-bond donors (Lipinski definition) is 0. The van der Waals surface area contributed by atoms with Crippen LogP contribution in [-0.4, -0.2) is 18.8 Å². The second-order valence-electron chi connectivity index (χ2n) is 4.12. The maximum Gasteiger partial charge on any atom is 0.312 e. The minimum Gasteiger partial charge on any atom is -0.469 e. The first-order valence-corrected chi connectivity index (χ1v) is 6.70. The quantitative estimate of drug-likeness (QED) is 0.626. The molecule has 4 heteroatoms. The molecule has 0 aliphatic rings. The lowest BCUT2D eigenvalue weighted by atomic mass is 9.97. The van der Waals surface area contributed by atoms with E-state index in [1.165, 1.54) is 7.11 Å². The highest BCUT2D eigenvalue weighted by Gasteiger charge is 2.28. The number of hydrogen-bond acceptors (Lipinski definition) is 3. The van der Waals surface area contributed by atoms with Gasteiger partial charge in [-0.2, -0.15) is 0 Å². The van der Waals surface area contributed by atoms with E-state index in [9.17, 15) is 4.79 Å². The second kappa shape index (κ2) is 5.73. The fourth-order valence-electron chi connectivity index (χ4n) is 1.13. The van der Waals surface area contributed by atoms with Crippen LogP contribution in [0.2, 0.25) is 0 Å². The van der Waals surface area contributed by atoms with Crippen LogP contribution in [0.1, 0.15) is 13.8 Å². The van der Waals surface area contributed by atoms with Crippen LogP contribution in [0.4, 0.5) is 0 Å². The number of esters is 1. The Morgan fingerprint density at radius 3 is 2.44 bits per heavy atom. The Bertz CT molecular complexity index is 360. The summed E-state index contributed by atoms with van der Waals surface area (Å²) < 4.78 is 5.82. The van der Waals surface area contributed by atoms with Crippen molar-refractivity contribution >= 4 is 33.7 Å². The Labute approximate surface area is 109 Å². The maximum atomic E-state index is 11.5. The van der Waals surface area contributed by atoms with E-state index in [2.05, 4.69) is 15.9 Å². The zero-order valence-electron chi connectivity index (χ0n) is 9.62. The largest absolute Gasteiger partial charge is 0.469 e. The predicted octanol–water partition coefficient (Wildman–Crippen LogP) is 3.74. The maximum absolute atomic E-state index is 11.5. The van der Waals surface area contributed by atoms with Crippen molar-refractivity contribution in [1.29, 1.82) is 0 Å². The van der Waals surface area contributed by atoms with Crippen LogP contribution in [0.15, 0.2) is 33.6 Å². The highest BCUT2D eigenvalue weighted by molar-refractivity contribution is 9.10.